The van der Waals surface area contributed by atoms with E-state index in [1.54, 1.807) is 0 Å². The minimum atomic E-state index is -0.777. The van der Waals surface area contributed by atoms with Crippen LogP contribution in [0.3, 0.4) is 0 Å². The van der Waals surface area contributed by atoms with Crippen LogP contribution in [0.1, 0.15) is 399 Å². The van der Waals surface area contributed by atoms with Crippen molar-refractivity contribution >= 4 is 11.9 Å². The van der Waals surface area contributed by atoms with Crippen molar-refractivity contribution < 1.29 is 24.2 Å². The highest BCUT2D eigenvalue weighted by Gasteiger charge is 2.16. The first-order valence-corrected chi connectivity index (χ1v) is 38.1. The first-order chi connectivity index (χ1) is 42.6. The van der Waals surface area contributed by atoms with Crippen molar-refractivity contribution in [3.8, 4) is 0 Å². The Morgan fingerprint density at radius 3 is 0.767 bits per heavy atom. The van der Waals surface area contributed by atoms with E-state index in [0.717, 1.165) is 77.0 Å². The Labute approximate surface area is 536 Å². The normalized spacial score (nSPS) is 12.6. The van der Waals surface area contributed by atoms with Crippen LogP contribution in [0.2, 0.25) is 0 Å². The average Bonchev–Trinajstić information content (AvgIpc) is 3.55. The molecule has 500 valence electrons. The molecule has 0 aliphatic rings. The van der Waals surface area contributed by atoms with Crippen LogP contribution >= 0.6 is 0 Å². The summed E-state index contributed by atoms with van der Waals surface area (Å²) in [6, 6.07) is 0. The highest BCUT2D eigenvalue weighted by atomic mass is 16.6. The lowest BCUT2D eigenvalue weighted by Gasteiger charge is -2.15. The Morgan fingerprint density at radius 2 is 0.500 bits per heavy atom. The van der Waals surface area contributed by atoms with E-state index in [1.807, 2.05) is 0 Å². The van der Waals surface area contributed by atoms with Crippen molar-refractivity contribution in [2.24, 2.45) is 0 Å². The monoisotopic (exact) mass is 1200 g/mol. The van der Waals surface area contributed by atoms with Gasteiger partial charge in [0, 0.05) is 12.8 Å². The third-order valence-electron chi connectivity index (χ3n) is 17.2. The molecule has 0 spiro atoms. The smallest absolute Gasteiger partial charge is 0.306 e. The van der Waals surface area contributed by atoms with Gasteiger partial charge in [0.05, 0.1) is 6.61 Å². The number of unbranched alkanes of at least 4 members (excludes halogenated alkanes) is 49. The Morgan fingerprint density at radius 1 is 0.279 bits per heavy atom. The minimum Gasteiger partial charge on any atom is -0.462 e. The van der Waals surface area contributed by atoms with Crippen molar-refractivity contribution in [3.05, 3.63) is 85.1 Å². The fraction of sp³-hybridized carbons (Fsp3) is 0.802. The van der Waals surface area contributed by atoms with Gasteiger partial charge in [0.15, 0.2) is 6.10 Å². The van der Waals surface area contributed by atoms with Crippen LogP contribution in [0.25, 0.3) is 0 Å². The predicted molar refractivity (Wildman–Crippen MR) is 380 cm³/mol. The van der Waals surface area contributed by atoms with E-state index in [-0.39, 0.29) is 25.2 Å². The molecule has 1 atom stereocenters. The summed E-state index contributed by atoms with van der Waals surface area (Å²) in [5.41, 5.74) is 0. The molecule has 0 aromatic heterocycles. The molecule has 1 N–H and O–H groups in total. The molecule has 0 heterocycles. The summed E-state index contributed by atoms with van der Waals surface area (Å²) in [4.78, 5) is 24.7. The van der Waals surface area contributed by atoms with Gasteiger partial charge in [-0.1, -0.05) is 381 Å². The lowest BCUT2D eigenvalue weighted by molar-refractivity contribution is -0.161. The molecule has 0 fully saturated rings. The zero-order valence-electron chi connectivity index (χ0n) is 57.6. The number of esters is 2. The Hall–Kier alpha value is -2.92. The maximum atomic E-state index is 12.4. The lowest BCUT2D eigenvalue weighted by atomic mass is 10.0. The lowest BCUT2D eigenvalue weighted by Crippen LogP contribution is -2.28. The molecule has 5 heteroatoms. The van der Waals surface area contributed by atoms with Gasteiger partial charge in [0.25, 0.3) is 0 Å². The zero-order valence-corrected chi connectivity index (χ0v) is 57.6. The molecule has 0 radical (unpaired) electrons. The van der Waals surface area contributed by atoms with Crippen molar-refractivity contribution in [1.29, 1.82) is 0 Å². The standard InChI is InChI=1S/C81H146O5/c1-3-5-7-9-11-13-15-17-19-21-23-25-27-29-31-33-35-36-37-38-39-40-41-42-43-44-46-47-49-51-53-55-57-59-61-63-65-67-69-71-73-75-80(83)85-78-79(77-82)86-81(84)76-74-72-70-68-66-64-62-60-58-56-54-52-50-48-45-34-32-30-28-26-24-22-20-18-16-14-12-10-8-6-4-2/h6,8,12,14,18,20-21,23-24,26,30,32,45,48,79,82H,3-5,7,9-11,13,15-17,19,22,25,27-29,31,33-44,46-47,49-78H2,1-2H3/b8-6-,14-12-,20-18-,23-21-,26-24-,32-30-,48-45-. The van der Waals surface area contributed by atoms with Gasteiger partial charge in [-0.15, -0.1) is 0 Å². The molecule has 0 aromatic carbocycles. The van der Waals surface area contributed by atoms with Crippen molar-refractivity contribution in [1.82, 2.24) is 0 Å². The molecule has 0 aliphatic carbocycles. The van der Waals surface area contributed by atoms with E-state index >= 15 is 0 Å². The molecule has 0 saturated heterocycles. The number of aliphatic hydroxyl groups excluding tert-OH is 1. The SMILES string of the molecule is CC/C=C\C/C=C\C/C=C\C/C=C\C/C=C\C/C=C\CCCCCCCCCCCCCCC(=O)OC(CO)COC(=O)CCCCCCCCCCCCCCCCCCCCCCCCCCCCCCC/C=C\CCCCCCCCCC. The van der Waals surface area contributed by atoms with Gasteiger partial charge in [-0.2, -0.15) is 0 Å². The first kappa shape index (κ1) is 83.1. The van der Waals surface area contributed by atoms with Gasteiger partial charge in [0.2, 0.25) is 0 Å². The summed E-state index contributed by atoms with van der Waals surface area (Å²) in [6.07, 6.45) is 108. The van der Waals surface area contributed by atoms with Gasteiger partial charge in [-0.3, -0.25) is 9.59 Å². The third kappa shape index (κ3) is 73.5. The van der Waals surface area contributed by atoms with Crippen molar-refractivity contribution in [2.75, 3.05) is 13.2 Å². The second kappa shape index (κ2) is 76.3. The molecule has 5 nitrogen and oxygen atoms in total. The van der Waals surface area contributed by atoms with E-state index in [9.17, 15) is 14.7 Å². The van der Waals surface area contributed by atoms with E-state index in [4.69, 9.17) is 9.47 Å². The van der Waals surface area contributed by atoms with Crippen molar-refractivity contribution in [3.63, 3.8) is 0 Å². The average molecular weight is 1200 g/mol. The molecule has 0 bridgehead atoms. The number of ether oxygens (including phenoxy) is 2. The summed E-state index contributed by atoms with van der Waals surface area (Å²) < 4.78 is 10.8. The molecule has 0 amide bonds. The van der Waals surface area contributed by atoms with Crippen LogP contribution in [0.4, 0.5) is 0 Å². The molecule has 86 heavy (non-hydrogen) atoms. The molecule has 0 rings (SSSR count). The maximum Gasteiger partial charge on any atom is 0.306 e. The molecule has 0 aliphatic heterocycles. The van der Waals surface area contributed by atoms with Crippen LogP contribution in [0.15, 0.2) is 85.1 Å². The summed E-state index contributed by atoms with van der Waals surface area (Å²) in [6.45, 7) is 4.07. The summed E-state index contributed by atoms with van der Waals surface area (Å²) >= 11 is 0. The number of rotatable bonds is 71. The Kier molecular flexibility index (Phi) is 73.7. The van der Waals surface area contributed by atoms with Crippen LogP contribution in [0.5, 0.6) is 0 Å². The minimum absolute atomic E-state index is 0.0651. The number of hydrogen-bond acceptors (Lipinski definition) is 5. The number of carbonyl (C=O) groups excluding carboxylic acids is 2. The van der Waals surface area contributed by atoms with Gasteiger partial charge in [-0.25, -0.2) is 0 Å². The number of hydrogen-bond donors (Lipinski definition) is 1. The zero-order chi connectivity index (χ0) is 61.9. The summed E-state index contributed by atoms with van der Waals surface area (Å²) in [7, 11) is 0. The van der Waals surface area contributed by atoms with Gasteiger partial charge in [0.1, 0.15) is 6.61 Å². The van der Waals surface area contributed by atoms with Gasteiger partial charge < -0.3 is 14.6 Å². The number of allylic oxidation sites excluding steroid dienone is 14. The summed E-state index contributed by atoms with van der Waals surface area (Å²) in [5, 5.41) is 9.72. The maximum absolute atomic E-state index is 12.4. The van der Waals surface area contributed by atoms with Gasteiger partial charge >= 0.3 is 11.9 Å². The fourth-order valence-electron chi connectivity index (χ4n) is 11.5. The summed E-state index contributed by atoms with van der Waals surface area (Å²) in [5.74, 6) is -0.577. The van der Waals surface area contributed by atoms with E-state index in [1.165, 1.54) is 295 Å². The van der Waals surface area contributed by atoms with Crippen LogP contribution < -0.4 is 0 Å². The first-order valence-electron chi connectivity index (χ1n) is 38.1. The second-order valence-corrected chi connectivity index (χ2v) is 25.7. The largest absolute Gasteiger partial charge is 0.462 e. The quantitative estimate of drug-likeness (QED) is 0.0373. The van der Waals surface area contributed by atoms with Crippen LogP contribution in [-0.2, 0) is 19.1 Å². The van der Waals surface area contributed by atoms with Crippen molar-refractivity contribution in [2.45, 2.75) is 405 Å². The highest BCUT2D eigenvalue weighted by molar-refractivity contribution is 5.70. The Balaban J connectivity index is 3.40. The van der Waals surface area contributed by atoms with E-state index in [0.29, 0.717) is 12.8 Å². The molecular weight excluding hydrogens is 1050 g/mol. The van der Waals surface area contributed by atoms with E-state index < -0.39 is 6.10 Å². The molecule has 0 aromatic rings. The van der Waals surface area contributed by atoms with Gasteiger partial charge in [-0.05, 0) is 89.9 Å². The predicted octanol–water partition coefficient (Wildman–Crippen LogP) is 26.8. The fourth-order valence-corrected chi connectivity index (χ4v) is 11.5. The Bertz CT molecular complexity index is 1550. The number of carbonyl (C=O) groups is 2. The molecule has 0 saturated carbocycles. The topological polar surface area (TPSA) is 72.8 Å². The molecular formula is C81H146O5. The molecule has 1 unspecified atom stereocenters. The van der Waals surface area contributed by atoms with Crippen LogP contribution in [0, 0.1) is 0 Å². The highest BCUT2D eigenvalue weighted by Crippen LogP contribution is 2.19. The second-order valence-electron chi connectivity index (χ2n) is 25.7. The van der Waals surface area contributed by atoms with Crippen LogP contribution in [-0.4, -0.2) is 36.4 Å². The van der Waals surface area contributed by atoms with E-state index in [2.05, 4.69) is 98.9 Å². The third-order valence-corrected chi connectivity index (χ3v) is 17.2. The number of aliphatic hydroxyl groups is 1.